The monoisotopic (exact) mass is 394 g/mol. The van der Waals surface area contributed by atoms with E-state index in [9.17, 15) is 14.4 Å². The Labute approximate surface area is 165 Å². The lowest BCUT2D eigenvalue weighted by atomic mass is 9.97. The van der Waals surface area contributed by atoms with Gasteiger partial charge in [-0.3, -0.25) is 4.79 Å². The highest BCUT2D eigenvalue weighted by Crippen LogP contribution is 2.12. The lowest BCUT2D eigenvalue weighted by Crippen LogP contribution is -3.17. The Bertz CT molecular complexity index is 656. The molecule has 1 amide bonds. The zero-order valence-corrected chi connectivity index (χ0v) is 16.7. The van der Waals surface area contributed by atoms with Crippen molar-refractivity contribution in [2.75, 3.05) is 50.8 Å². The minimum atomic E-state index is -1.84. The zero-order valence-electron chi connectivity index (χ0n) is 16.7. The van der Waals surface area contributed by atoms with Gasteiger partial charge in [-0.2, -0.15) is 0 Å². The Morgan fingerprint density at radius 2 is 1.64 bits per heavy atom. The molecular formula is C19H30N4O5+2. The first-order valence-electron chi connectivity index (χ1n) is 9.60. The minimum Gasteiger partial charge on any atom is -0.464 e. The average molecular weight is 394 g/mol. The molecule has 0 radical (unpaired) electrons. The van der Waals surface area contributed by atoms with Gasteiger partial charge in [-0.05, 0) is 13.8 Å². The van der Waals surface area contributed by atoms with E-state index in [0.717, 1.165) is 23.7 Å². The van der Waals surface area contributed by atoms with Crippen molar-refractivity contribution in [1.82, 2.24) is 5.32 Å². The maximum Gasteiger partial charge on any atom is 0.349 e. The molecule has 0 bridgehead atoms. The largest absolute Gasteiger partial charge is 0.464 e. The van der Waals surface area contributed by atoms with Crippen molar-refractivity contribution in [3.63, 3.8) is 0 Å². The molecule has 1 aromatic rings. The number of aromatic nitrogens is 1. The number of esters is 2. The van der Waals surface area contributed by atoms with Gasteiger partial charge in [0.2, 0.25) is 5.91 Å². The molecule has 2 rings (SSSR count). The Morgan fingerprint density at radius 3 is 2.11 bits per heavy atom. The highest BCUT2D eigenvalue weighted by Gasteiger charge is 2.53. The fourth-order valence-electron chi connectivity index (χ4n) is 3.40. The number of ether oxygens (including phenoxy) is 2. The molecule has 2 heterocycles. The molecule has 0 saturated carbocycles. The molecule has 9 heteroatoms. The summed E-state index contributed by atoms with van der Waals surface area (Å²) in [6.07, 6.45) is 3.75. The summed E-state index contributed by atoms with van der Waals surface area (Å²) in [7, 11) is 0. The van der Waals surface area contributed by atoms with E-state index in [4.69, 9.17) is 9.47 Å². The van der Waals surface area contributed by atoms with Crippen LogP contribution in [0.3, 0.4) is 0 Å². The molecule has 28 heavy (non-hydrogen) atoms. The number of rotatable bonds is 8. The number of nitrogens with one attached hydrogen (secondary N) is 3. The fraction of sp³-hybridized carbons (Fsp3) is 0.579. The lowest BCUT2D eigenvalue weighted by molar-refractivity contribution is -0.902. The standard InChI is InChI=1S/C19H28N4O5/c1-4-27-17(25)19(21-15(3)24,18(26)28-5-2)14-22-10-12-23(13-11-22)16-6-8-20-9-7-16/h6-9H,4-5,10-14H2,1-3H3,(H,21,24)/p+2. The second-order valence-electron chi connectivity index (χ2n) is 6.70. The summed E-state index contributed by atoms with van der Waals surface area (Å²) in [5, 5.41) is 2.53. The maximum absolute atomic E-state index is 12.7. The summed E-state index contributed by atoms with van der Waals surface area (Å²) in [6.45, 7) is 7.82. The summed E-state index contributed by atoms with van der Waals surface area (Å²) in [6, 6.07) is 4.01. The first kappa shape index (κ1) is 21.6. The number of carbonyl (C=O) groups excluding carboxylic acids is 3. The third-order valence-electron chi connectivity index (χ3n) is 4.69. The van der Waals surface area contributed by atoms with Gasteiger partial charge >= 0.3 is 11.9 Å². The van der Waals surface area contributed by atoms with E-state index in [1.54, 1.807) is 13.8 Å². The van der Waals surface area contributed by atoms with E-state index in [1.165, 1.54) is 6.92 Å². The second-order valence-corrected chi connectivity index (χ2v) is 6.70. The predicted octanol–water partition coefficient (Wildman–Crippen LogP) is -1.79. The van der Waals surface area contributed by atoms with Crippen LogP contribution in [0.2, 0.25) is 0 Å². The van der Waals surface area contributed by atoms with Gasteiger partial charge in [-0.15, -0.1) is 0 Å². The number of carbonyl (C=O) groups is 3. The molecule has 0 unspecified atom stereocenters. The quantitative estimate of drug-likeness (QED) is 0.399. The first-order chi connectivity index (χ1) is 13.4. The molecule has 0 spiro atoms. The number of hydrogen-bond acceptors (Lipinski definition) is 6. The highest BCUT2D eigenvalue weighted by molar-refractivity contribution is 6.07. The summed E-state index contributed by atoms with van der Waals surface area (Å²) in [4.78, 5) is 43.5. The molecule has 1 aromatic heterocycles. The zero-order chi connectivity index (χ0) is 20.6. The van der Waals surface area contributed by atoms with Crippen molar-refractivity contribution in [3.05, 3.63) is 24.5 Å². The molecule has 0 atom stereocenters. The first-order valence-corrected chi connectivity index (χ1v) is 9.60. The summed E-state index contributed by atoms with van der Waals surface area (Å²) >= 11 is 0. The average Bonchev–Trinajstić information content (AvgIpc) is 2.68. The molecule has 0 aromatic carbocycles. The Morgan fingerprint density at radius 1 is 1.11 bits per heavy atom. The van der Waals surface area contributed by atoms with Gasteiger partial charge in [0.25, 0.3) is 5.54 Å². The van der Waals surface area contributed by atoms with Crippen LogP contribution >= 0.6 is 0 Å². The van der Waals surface area contributed by atoms with Crippen molar-refractivity contribution < 1.29 is 33.7 Å². The SMILES string of the molecule is CCOC(=O)C(C[NH+]1CCN(c2cc[nH+]cc2)CC1)(NC(C)=O)C(=O)OCC. The fourth-order valence-corrected chi connectivity index (χ4v) is 3.40. The minimum absolute atomic E-state index is 0.0840. The van der Waals surface area contributed by atoms with Crippen molar-refractivity contribution >= 4 is 23.5 Å². The van der Waals surface area contributed by atoms with Crippen LogP contribution in [0.25, 0.3) is 0 Å². The van der Waals surface area contributed by atoms with Gasteiger partial charge in [0.1, 0.15) is 6.54 Å². The molecule has 1 saturated heterocycles. The van der Waals surface area contributed by atoms with Crippen molar-refractivity contribution in [2.45, 2.75) is 26.3 Å². The van der Waals surface area contributed by atoms with E-state index in [1.807, 2.05) is 24.5 Å². The number of pyridine rings is 1. The molecular weight excluding hydrogens is 364 g/mol. The van der Waals surface area contributed by atoms with Crippen LogP contribution in [0.15, 0.2) is 24.5 Å². The van der Waals surface area contributed by atoms with Crippen LogP contribution in [-0.4, -0.2) is 69.3 Å². The van der Waals surface area contributed by atoms with Crippen LogP contribution in [0.4, 0.5) is 5.69 Å². The van der Waals surface area contributed by atoms with Crippen molar-refractivity contribution in [2.24, 2.45) is 0 Å². The maximum atomic E-state index is 12.7. The topological polar surface area (TPSA) is 104 Å². The van der Waals surface area contributed by atoms with Crippen LogP contribution in [0, 0.1) is 0 Å². The summed E-state index contributed by atoms with van der Waals surface area (Å²) in [5.74, 6) is -2.05. The third-order valence-corrected chi connectivity index (χ3v) is 4.69. The number of H-pyrrole nitrogens is 1. The van der Waals surface area contributed by atoms with E-state index >= 15 is 0 Å². The number of amides is 1. The molecule has 3 N–H and O–H groups in total. The highest BCUT2D eigenvalue weighted by atomic mass is 16.6. The normalized spacial score (nSPS) is 15.0. The van der Waals surface area contributed by atoms with E-state index in [0.29, 0.717) is 13.1 Å². The van der Waals surface area contributed by atoms with Crippen molar-refractivity contribution in [3.8, 4) is 0 Å². The predicted molar refractivity (Wildman–Crippen MR) is 101 cm³/mol. The van der Waals surface area contributed by atoms with Gasteiger partial charge in [-0.25, -0.2) is 14.6 Å². The number of quaternary nitrogens is 1. The Kier molecular flexibility index (Phi) is 7.74. The van der Waals surface area contributed by atoms with Crippen LogP contribution in [0.1, 0.15) is 20.8 Å². The van der Waals surface area contributed by atoms with Gasteiger partial charge in [-0.1, -0.05) is 0 Å². The number of aromatic amines is 1. The van der Waals surface area contributed by atoms with Gasteiger partial charge in [0, 0.05) is 24.7 Å². The van der Waals surface area contributed by atoms with Gasteiger partial charge in [0.15, 0.2) is 12.4 Å². The van der Waals surface area contributed by atoms with Crippen LogP contribution < -0.4 is 20.1 Å². The van der Waals surface area contributed by atoms with E-state index in [-0.39, 0.29) is 19.8 Å². The number of nitrogens with zero attached hydrogens (tertiary/aromatic N) is 1. The van der Waals surface area contributed by atoms with Crippen LogP contribution in [0.5, 0.6) is 0 Å². The van der Waals surface area contributed by atoms with Gasteiger partial charge < -0.3 is 24.6 Å². The summed E-state index contributed by atoms with van der Waals surface area (Å²) in [5.41, 5.74) is -0.724. The molecule has 0 aliphatic carbocycles. The molecule has 1 aliphatic rings. The third kappa shape index (κ3) is 5.19. The molecule has 154 valence electrons. The molecule has 1 fully saturated rings. The van der Waals surface area contributed by atoms with E-state index in [2.05, 4.69) is 15.2 Å². The van der Waals surface area contributed by atoms with E-state index < -0.39 is 23.4 Å². The molecule has 9 nitrogen and oxygen atoms in total. The number of hydrogen-bond donors (Lipinski definition) is 2. The Hall–Kier alpha value is -2.68. The van der Waals surface area contributed by atoms with Crippen molar-refractivity contribution in [1.29, 1.82) is 0 Å². The van der Waals surface area contributed by atoms with Gasteiger partial charge in [0.05, 0.1) is 39.4 Å². The summed E-state index contributed by atoms with van der Waals surface area (Å²) < 4.78 is 10.3. The second kappa shape index (κ2) is 10.0. The van der Waals surface area contributed by atoms with Crippen LogP contribution in [-0.2, 0) is 23.9 Å². The Balaban J connectivity index is 2.16. The number of piperazine rings is 1. The number of anilines is 1. The smallest absolute Gasteiger partial charge is 0.349 e. The molecule has 1 aliphatic heterocycles. The lowest BCUT2D eigenvalue weighted by Gasteiger charge is -2.37.